The Balaban J connectivity index is 0.00000288. The first kappa shape index (κ1) is 20.3. The Morgan fingerprint density at radius 3 is 2.54 bits per heavy atom. The largest absolute Gasteiger partial charge is 0.357 e. The molecule has 2 aromatic rings. The maximum atomic E-state index is 8.93. The van der Waals surface area contributed by atoms with Crippen molar-refractivity contribution in [3.05, 3.63) is 70.2 Å². The molecule has 126 valence electrons. The third-order valence-corrected chi connectivity index (χ3v) is 3.45. The molecule has 0 saturated carbocycles. The van der Waals surface area contributed by atoms with Gasteiger partial charge in [-0.1, -0.05) is 35.9 Å². The van der Waals surface area contributed by atoms with Gasteiger partial charge in [-0.15, -0.1) is 24.0 Å². The van der Waals surface area contributed by atoms with Gasteiger partial charge in [0.25, 0.3) is 0 Å². The van der Waals surface area contributed by atoms with Gasteiger partial charge in [0.05, 0.1) is 18.2 Å². The normalized spacial score (nSPS) is 10.5. The fourth-order valence-corrected chi connectivity index (χ4v) is 2.17. The summed E-state index contributed by atoms with van der Waals surface area (Å²) in [6, 6.07) is 17.3. The molecular formula is C18H20ClIN4. The summed E-state index contributed by atoms with van der Waals surface area (Å²) in [6.45, 7) is 3.99. The van der Waals surface area contributed by atoms with Crippen LogP contribution in [0.3, 0.4) is 0 Å². The van der Waals surface area contributed by atoms with Gasteiger partial charge in [-0.25, -0.2) is 4.99 Å². The van der Waals surface area contributed by atoms with Crippen molar-refractivity contribution >= 4 is 41.5 Å². The number of hydrogen-bond donors (Lipinski definition) is 2. The molecule has 0 aliphatic heterocycles. The Morgan fingerprint density at radius 2 is 1.88 bits per heavy atom. The SMILES string of the molecule is CCNC(=NCc1cccc(C#N)c1)NCc1ccc(Cl)cc1.I. The summed E-state index contributed by atoms with van der Waals surface area (Å²) in [5.41, 5.74) is 2.79. The van der Waals surface area contributed by atoms with Gasteiger partial charge in [-0.2, -0.15) is 5.26 Å². The summed E-state index contributed by atoms with van der Waals surface area (Å²) in [4.78, 5) is 4.55. The second-order valence-corrected chi connectivity index (χ2v) is 5.42. The van der Waals surface area contributed by atoms with Crippen molar-refractivity contribution in [2.45, 2.75) is 20.0 Å². The van der Waals surface area contributed by atoms with Gasteiger partial charge in [-0.05, 0) is 42.3 Å². The van der Waals surface area contributed by atoms with Crippen LogP contribution in [0.4, 0.5) is 0 Å². The van der Waals surface area contributed by atoms with Crippen LogP contribution in [-0.2, 0) is 13.1 Å². The van der Waals surface area contributed by atoms with Gasteiger partial charge in [0, 0.05) is 18.1 Å². The van der Waals surface area contributed by atoms with Crippen molar-refractivity contribution < 1.29 is 0 Å². The fraction of sp³-hybridized carbons (Fsp3) is 0.222. The van der Waals surface area contributed by atoms with E-state index in [9.17, 15) is 0 Å². The van der Waals surface area contributed by atoms with E-state index in [1.807, 2.05) is 49.4 Å². The summed E-state index contributed by atoms with van der Waals surface area (Å²) in [5, 5.41) is 16.2. The van der Waals surface area contributed by atoms with Crippen molar-refractivity contribution in [1.82, 2.24) is 10.6 Å². The van der Waals surface area contributed by atoms with Crippen molar-refractivity contribution in [2.75, 3.05) is 6.54 Å². The van der Waals surface area contributed by atoms with E-state index in [-0.39, 0.29) is 24.0 Å². The minimum absolute atomic E-state index is 0. The molecule has 0 atom stereocenters. The fourth-order valence-electron chi connectivity index (χ4n) is 2.04. The predicted octanol–water partition coefficient (Wildman–Crippen LogP) is 4.08. The molecule has 0 amide bonds. The highest BCUT2D eigenvalue weighted by molar-refractivity contribution is 14.0. The summed E-state index contributed by atoms with van der Waals surface area (Å²) in [5.74, 6) is 0.741. The van der Waals surface area contributed by atoms with Crippen LogP contribution in [0, 0.1) is 11.3 Å². The van der Waals surface area contributed by atoms with Crippen molar-refractivity contribution in [3.63, 3.8) is 0 Å². The Kier molecular flexibility index (Phi) is 9.20. The lowest BCUT2D eigenvalue weighted by Gasteiger charge is -2.11. The highest BCUT2D eigenvalue weighted by Gasteiger charge is 2.00. The first-order valence-electron chi connectivity index (χ1n) is 7.47. The van der Waals surface area contributed by atoms with Gasteiger partial charge in [0.2, 0.25) is 0 Å². The third kappa shape index (κ3) is 6.77. The minimum atomic E-state index is 0. The van der Waals surface area contributed by atoms with Crippen LogP contribution in [0.25, 0.3) is 0 Å². The molecular weight excluding hydrogens is 435 g/mol. The zero-order chi connectivity index (χ0) is 16.5. The topological polar surface area (TPSA) is 60.2 Å². The molecule has 0 aliphatic carbocycles. The molecule has 2 rings (SSSR count). The Labute approximate surface area is 165 Å². The number of nitrogens with one attached hydrogen (secondary N) is 2. The van der Waals surface area contributed by atoms with Crippen LogP contribution in [0.1, 0.15) is 23.6 Å². The number of guanidine groups is 1. The lowest BCUT2D eigenvalue weighted by molar-refractivity contribution is 0.816. The Hall–Kier alpha value is -1.78. The Bertz CT molecular complexity index is 708. The maximum Gasteiger partial charge on any atom is 0.191 e. The number of aliphatic imine (C=N–C) groups is 1. The molecule has 0 fully saturated rings. The smallest absolute Gasteiger partial charge is 0.191 e. The van der Waals surface area contributed by atoms with Crippen LogP contribution in [-0.4, -0.2) is 12.5 Å². The quantitative estimate of drug-likeness (QED) is 0.406. The molecule has 0 heterocycles. The van der Waals surface area contributed by atoms with Gasteiger partial charge in [0.15, 0.2) is 5.96 Å². The first-order valence-corrected chi connectivity index (χ1v) is 7.84. The average Bonchev–Trinajstić information content (AvgIpc) is 2.59. The summed E-state index contributed by atoms with van der Waals surface area (Å²) in [7, 11) is 0. The van der Waals surface area contributed by atoms with E-state index in [0.717, 1.165) is 28.7 Å². The lowest BCUT2D eigenvalue weighted by atomic mass is 10.1. The maximum absolute atomic E-state index is 8.93. The van der Waals surface area contributed by atoms with Crippen LogP contribution < -0.4 is 10.6 Å². The van der Waals surface area contributed by atoms with Crippen molar-refractivity contribution in [1.29, 1.82) is 5.26 Å². The lowest BCUT2D eigenvalue weighted by Crippen LogP contribution is -2.36. The summed E-state index contributed by atoms with van der Waals surface area (Å²) in [6.07, 6.45) is 0. The predicted molar refractivity (Wildman–Crippen MR) is 110 cm³/mol. The molecule has 0 unspecified atom stereocenters. The van der Waals surface area contributed by atoms with E-state index in [2.05, 4.69) is 21.7 Å². The number of nitrogens with zero attached hydrogens (tertiary/aromatic N) is 2. The molecule has 4 nitrogen and oxygen atoms in total. The van der Waals surface area contributed by atoms with Gasteiger partial charge in [-0.3, -0.25) is 0 Å². The van der Waals surface area contributed by atoms with Crippen LogP contribution in [0.15, 0.2) is 53.5 Å². The van der Waals surface area contributed by atoms with E-state index >= 15 is 0 Å². The monoisotopic (exact) mass is 454 g/mol. The van der Waals surface area contributed by atoms with E-state index in [4.69, 9.17) is 16.9 Å². The van der Waals surface area contributed by atoms with E-state index in [1.165, 1.54) is 0 Å². The number of nitriles is 1. The summed E-state index contributed by atoms with van der Waals surface area (Å²) >= 11 is 5.89. The zero-order valence-electron chi connectivity index (χ0n) is 13.4. The molecule has 0 aliphatic rings. The number of halogens is 2. The molecule has 2 aromatic carbocycles. The van der Waals surface area contributed by atoms with Gasteiger partial charge < -0.3 is 10.6 Å². The molecule has 0 saturated heterocycles. The highest BCUT2D eigenvalue weighted by atomic mass is 127. The average molecular weight is 455 g/mol. The molecule has 2 N–H and O–H groups in total. The number of rotatable bonds is 5. The summed E-state index contributed by atoms with van der Waals surface area (Å²) < 4.78 is 0. The van der Waals surface area contributed by atoms with E-state index in [1.54, 1.807) is 6.07 Å². The van der Waals surface area contributed by atoms with Gasteiger partial charge >= 0.3 is 0 Å². The second kappa shape index (κ2) is 10.9. The molecule has 6 heteroatoms. The number of benzene rings is 2. The second-order valence-electron chi connectivity index (χ2n) is 4.99. The molecule has 24 heavy (non-hydrogen) atoms. The van der Waals surface area contributed by atoms with Crippen molar-refractivity contribution in [2.24, 2.45) is 4.99 Å². The Morgan fingerprint density at radius 1 is 1.12 bits per heavy atom. The minimum Gasteiger partial charge on any atom is -0.357 e. The van der Waals surface area contributed by atoms with Crippen LogP contribution in [0.5, 0.6) is 0 Å². The standard InChI is InChI=1S/C18H19ClN4.HI/c1-2-21-18(22-12-14-6-8-17(19)9-7-14)23-13-16-5-3-4-15(10-16)11-20;/h3-10H,2,12-13H2,1H3,(H2,21,22,23);1H. The van der Waals surface area contributed by atoms with Crippen LogP contribution >= 0.6 is 35.6 Å². The molecule has 0 radical (unpaired) electrons. The first-order chi connectivity index (χ1) is 11.2. The highest BCUT2D eigenvalue weighted by Crippen LogP contribution is 2.09. The molecule has 0 spiro atoms. The number of hydrogen-bond acceptors (Lipinski definition) is 2. The van der Waals surface area contributed by atoms with Crippen LogP contribution in [0.2, 0.25) is 5.02 Å². The van der Waals surface area contributed by atoms with E-state index < -0.39 is 0 Å². The van der Waals surface area contributed by atoms with Gasteiger partial charge in [0.1, 0.15) is 0 Å². The molecule has 0 aromatic heterocycles. The van der Waals surface area contributed by atoms with E-state index in [0.29, 0.717) is 18.7 Å². The zero-order valence-corrected chi connectivity index (χ0v) is 16.5. The van der Waals surface area contributed by atoms with Crippen molar-refractivity contribution in [3.8, 4) is 6.07 Å². The third-order valence-electron chi connectivity index (χ3n) is 3.19. The molecule has 0 bridgehead atoms.